The van der Waals surface area contributed by atoms with Crippen molar-refractivity contribution in [3.05, 3.63) is 47.0 Å². The molecule has 0 radical (unpaired) electrons. The molecule has 0 saturated carbocycles. The van der Waals surface area contributed by atoms with Gasteiger partial charge in [0.05, 0.1) is 0 Å². The number of aromatic nitrogens is 2. The molecule has 0 unspecified atom stereocenters. The zero-order valence-corrected chi connectivity index (χ0v) is 9.87. The average molecular weight is 216 g/mol. The smallest absolute Gasteiger partial charge is 0.146 e. The van der Waals surface area contributed by atoms with Crippen LogP contribution in [-0.2, 0) is 6.61 Å². The fraction of sp³-hybridized carbons (Fsp3) is 0.308. The Morgan fingerprint density at radius 2 is 1.94 bits per heavy atom. The topological polar surface area (TPSA) is 37.9 Å². The number of aryl methyl sites for hydroxylation is 2. The summed E-state index contributed by atoms with van der Waals surface area (Å²) in [6, 6.07) is 4.20. The molecule has 1 aromatic carbocycles. The van der Waals surface area contributed by atoms with Crippen molar-refractivity contribution in [3.8, 4) is 5.75 Å². The maximum atomic E-state index is 5.80. The van der Waals surface area contributed by atoms with Gasteiger partial charge in [0.25, 0.3) is 0 Å². The van der Waals surface area contributed by atoms with Crippen LogP contribution in [0, 0.1) is 20.8 Å². The van der Waals surface area contributed by atoms with Gasteiger partial charge in [0.2, 0.25) is 0 Å². The fourth-order valence-corrected chi connectivity index (χ4v) is 1.67. The van der Waals surface area contributed by atoms with Gasteiger partial charge >= 0.3 is 0 Å². The predicted molar refractivity (Wildman–Crippen MR) is 63.6 cm³/mol. The van der Waals surface area contributed by atoms with E-state index in [1.54, 1.807) is 12.4 Å². The van der Waals surface area contributed by atoms with Crippen molar-refractivity contribution in [1.82, 2.24) is 9.97 Å². The Bertz CT molecular complexity index is 475. The number of hydrogen-bond acceptors (Lipinski definition) is 2. The summed E-state index contributed by atoms with van der Waals surface area (Å²) in [6.45, 7) is 6.72. The predicted octanol–water partition coefficient (Wildman–Crippen LogP) is 2.91. The normalized spacial score (nSPS) is 10.4. The molecule has 84 valence electrons. The third-order valence-electron chi connectivity index (χ3n) is 2.78. The average Bonchev–Trinajstić information content (AvgIpc) is 2.77. The SMILES string of the molecule is Cc1ccc(C)c(OCc2ncc[nH]2)c1C. The van der Waals surface area contributed by atoms with Crippen molar-refractivity contribution in [3.63, 3.8) is 0 Å². The highest BCUT2D eigenvalue weighted by molar-refractivity contribution is 5.44. The summed E-state index contributed by atoms with van der Waals surface area (Å²) >= 11 is 0. The Morgan fingerprint density at radius 3 is 2.62 bits per heavy atom. The molecular weight excluding hydrogens is 200 g/mol. The molecule has 0 spiro atoms. The monoisotopic (exact) mass is 216 g/mol. The number of imidazole rings is 1. The second-order valence-electron chi connectivity index (χ2n) is 3.98. The van der Waals surface area contributed by atoms with Crippen molar-refractivity contribution in [2.75, 3.05) is 0 Å². The number of rotatable bonds is 3. The fourth-order valence-electron chi connectivity index (χ4n) is 1.67. The molecule has 2 rings (SSSR count). The summed E-state index contributed by atoms with van der Waals surface area (Å²) in [4.78, 5) is 7.16. The molecule has 3 heteroatoms. The number of hydrogen-bond donors (Lipinski definition) is 1. The van der Waals surface area contributed by atoms with E-state index in [0.717, 1.165) is 17.1 Å². The number of H-pyrrole nitrogens is 1. The van der Waals surface area contributed by atoms with Crippen LogP contribution in [0.2, 0.25) is 0 Å². The maximum Gasteiger partial charge on any atom is 0.146 e. The highest BCUT2D eigenvalue weighted by Crippen LogP contribution is 2.26. The van der Waals surface area contributed by atoms with Crippen LogP contribution in [0.3, 0.4) is 0 Å². The van der Waals surface area contributed by atoms with Crippen molar-refractivity contribution < 1.29 is 4.74 Å². The summed E-state index contributed by atoms with van der Waals surface area (Å²) in [5, 5.41) is 0. The Balaban J connectivity index is 2.18. The van der Waals surface area contributed by atoms with Crippen molar-refractivity contribution >= 4 is 0 Å². The molecule has 0 aliphatic heterocycles. The van der Waals surface area contributed by atoms with Crippen LogP contribution in [0.15, 0.2) is 24.5 Å². The Hall–Kier alpha value is -1.77. The molecular formula is C13H16N2O. The number of aromatic amines is 1. The first-order chi connectivity index (χ1) is 7.68. The highest BCUT2D eigenvalue weighted by atomic mass is 16.5. The molecule has 2 aromatic rings. The van der Waals surface area contributed by atoms with Gasteiger partial charge in [-0.05, 0) is 37.5 Å². The summed E-state index contributed by atoms with van der Waals surface area (Å²) in [7, 11) is 0. The molecule has 0 aliphatic rings. The standard InChI is InChI=1S/C13H16N2O/c1-9-4-5-10(2)13(11(9)3)16-8-12-14-6-7-15-12/h4-7H,8H2,1-3H3,(H,14,15). The summed E-state index contributed by atoms with van der Waals surface area (Å²) in [5.41, 5.74) is 3.61. The first kappa shape index (κ1) is 10.7. The van der Waals surface area contributed by atoms with Crippen molar-refractivity contribution in [1.29, 1.82) is 0 Å². The number of nitrogens with one attached hydrogen (secondary N) is 1. The van der Waals surface area contributed by atoms with E-state index in [2.05, 4.69) is 42.9 Å². The zero-order chi connectivity index (χ0) is 11.5. The van der Waals surface area contributed by atoms with Crippen molar-refractivity contribution in [2.45, 2.75) is 27.4 Å². The Morgan fingerprint density at radius 1 is 1.19 bits per heavy atom. The van der Waals surface area contributed by atoms with Crippen molar-refractivity contribution in [2.24, 2.45) is 0 Å². The van der Waals surface area contributed by atoms with Gasteiger partial charge < -0.3 is 9.72 Å². The summed E-state index contributed by atoms with van der Waals surface area (Å²) in [6.07, 6.45) is 3.53. The first-order valence-corrected chi connectivity index (χ1v) is 5.36. The largest absolute Gasteiger partial charge is 0.485 e. The van der Waals surface area contributed by atoms with E-state index in [9.17, 15) is 0 Å². The van der Waals surface area contributed by atoms with E-state index in [4.69, 9.17) is 4.74 Å². The third-order valence-corrected chi connectivity index (χ3v) is 2.78. The minimum absolute atomic E-state index is 0.484. The number of ether oxygens (including phenoxy) is 1. The van der Waals surface area contributed by atoms with E-state index < -0.39 is 0 Å². The molecule has 0 aliphatic carbocycles. The van der Waals surface area contributed by atoms with Gasteiger partial charge in [-0.1, -0.05) is 12.1 Å². The quantitative estimate of drug-likeness (QED) is 0.856. The molecule has 1 heterocycles. The highest BCUT2D eigenvalue weighted by Gasteiger charge is 2.06. The van der Waals surface area contributed by atoms with E-state index in [0.29, 0.717) is 6.61 Å². The van der Waals surface area contributed by atoms with Crippen LogP contribution in [0.5, 0.6) is 5.75 Å². The molecule has 0 amide bonds. The van der Waals surface area contributed by atoms with Gasteiger partial charge in [0, 0.05) is 12.4 Å². The zero-order valence-electron chi connectivity index (χ0n) is 9.87. The Labute approximate surface area is 95.5 Å². The van der Waals surface area contributed by atoms with E-state index in [-0.39, 0.29) is 0 Å². The lowest BCUT2D eigenvalue weighted by molar-refractivity contribution is 0.293. The lowest BCUT2D eigenvalue weighted by atomic mass is 10.1. The van der Waals surface area contributed by atoms with Crippen LogP contribution >= 0.6 is 0 Å². The van der Waals surface area contributed by atoms with Gasteiger partial charge in [-0.2, -0.15) is 0 Å². The number of nitrogens with zero attached hydrogens (tertiary/aromatic N) is 1. The van der Waals surface area contributed by atoms with Crippen LogP contribution < -0.4 is 4.74 Å². The van der Waals surface area contributed by atoms with Gasteiger partial charge in [0.15, 0.2) is 0 Å². The van der Waals surface area contributed by atoms with Crippen LogP contribution in [0.4, 0.5) is 0 Å². The molecule has 0 saturated heterocycles. The Kier molecular flexibility index (Phi) is 2.95. The minimum Gasteiger partial charge on any atom is -0.485 e. The van der Waals surface area contributed by atoms with Gasteiger partial charge in [-0.25, -0.2) is 4.98 Å². The molecule has 0 fully saturated rings. The molecule has 1 N–H and O–H groups in total. The van der Waals surface area contributed by atoms with Crippen LogP contribution in [-0.4, -0.2) is 9.97 Å². The molecule has 0 bridgehead atoms. The van der Waals surface area contributed by atoms with Gasteiger partial charge in [-0.15, -0.1) is 0 Å². The first-order valence-electron chi connectivity index (χ1n) is 5.36. The molecule has 3 nitrogen and oxygen atoms in total. The van der Waals surface area contributed by atoms with Crippen LogP contribution in [0.1, 0.15) is 22.5 Å². The maximum absolute atomic E-state index is 5.80. The lowest BCUT2D eigenvalue weighted by Gasteiger charge is -2.12. The second kappa shape index (κ2) is 4.39. The van der Waals surface area contributed by atoms with Gasteiger partial charge in [-0.3, -0.25) is 0 Å². The molecule has 1 aromatic heterocycles. The molecule has 16 heavy (non-hydrogen) atoms. The van der Waals surface area contributed by atoms with E-state index >= 15 is 0 Å². The van der Waals surface area contributed by atoms with E-state index in [1.807, 2.05) is 0 Å². The third kappa shape index (κ3) is 2.08. The summed E-state index contributed by atoms with van der Waals surface area (Å²) < 4.78 is 5.80. The van der Waals surface area contributed by atoms with Crippen LogP contribution in [0.25, 0.3) is 0 Å². The molecule has 0 atom stereocenters. The van der Waals surface area contributed by atoms with Gasteiger partial charge in [0.1, 0.15) is 18.2 Å². The lowest BCUT2D eigenvalue weighted by Crippen LogP contribution is -2.01. The summed E-state index contributed by atoms with van der Waals surface area (Å²) in [5.74, 6) is 1.82. The van der Waals surface area contributed by atoms with E-state index in [1.165, 1.54) is 11.1 Å². The second-order valence-corrected chi connectivity index (χ2v) is 3.98. The number of benzene rings is 1. The minimum atomic E-state index is 0.484.